The third kappa shape index (κ3) is 3.34. The lowest BCUT2D eigenvalue weighted by Crippen LogP contribution is -2.19. The number of pyridine rings is 1. The van der Waals surface area contributed by atoms with E-state index in [9.17, 15) is 0 Å². The molecule has 1 atom stereocenters. The molecule has 0 saturated carbocycles. The molecule has 0 bridgehead atoms. The largest absolute Gasteiger partial charge is 0.474 e. The summed E-state index contributed by atoms with van der Waals surface area (Å²) in [7, 11) is 0. The van der Waals surface area contributed by atoms with Gasteiger partial charge in [0.1, 0.15) is 6.10 Å². The van der Waals surface area contributed by atoms with Crippen LogP contribution in [0, 0.1) is 0 Å². The highest BCUT2D eigenvalue weighted by Gasteiger charge is 2.15. The lowest BCUT2D eigenvalue weighted by Gasteiger charge is -2.16. The zero-order valence-electron chi connectivity index (χ0n) is 8.88. The van der Waals surface area contributed by atoms with Crippen molar-refractivity contribution in [1.82, 2.24) is 10.3 Å². The van der Waals surface area contributed by atoms with E-state index < -0.39 is 0 Å². The Labute approximate surface area is 109 Å². The molecule has 0 aliphatic carbocycles. The molecule has 1 aromatic rings. The van der Waals surface area contributed by atoms with Crippen LogP contribution in [-0.4, -0.2) is 24.2 Å². The van der Waals surface area contributed by atoms with Crippen molar-refractivity contribution in [2.24, 2.45) is 0 Å². The zero-order chi connectivity index (χ0) is 11.4. The fourth-order valence-electron chi connectivity index (χ4n) is 1.75. The van der Waals surface area contributed by atoms with E-state index in [0.29, 0.717) is 10.9 Å². The zero-order valence-corrected chi connectivity index (χ0v) is 11.2. The minimum atomic E-state index is 0.250. The van der Waals surface area contributed by atoms with Gasteiger partial charge in [-0.1, -0.05) is 11.6 Å². The quantitative estimate of drug-likeness (QED) is 0.912. The normalized spacial score (nSPS) is 21.5. The molecule has 5 heteroatoms. The molecule has 1 fully saturated rings. The van der Waals surface area contributed by atoms with Gasteiger partial charge in [0.2, 0.25) is 5.88 Å². The van der Waals surface area contributed by atoms with Gasteiger partial charge >= 0.3 is 0 Å². The summed E-state index contributed by atoms with van der Waals surface area (Å²) in [6, 6.07) is 1.80. The highest BCUT2D eigenvalue weighted by molar-refractivity contribution is 9.10. The first-order valence-corrected chi connectivity index (χ1v) is 6.61. The second-order valence-electron chi connectivity index (χ2n) is 3.86. The molecule has 1 unspecified atom stereocenters. The maximum Gasteiger partial charge on any atom is 0.228 e. The summed E-state index contributed by atoms with van der Waals surface area (Å²) in [5, 5.41) is 3.97. The van der Waals surface area contributed by atoms with E-state index >= 15 is 0 Å². The van der Waals surface area contributed by atoms with Crippen molar-refractivity contribution in [3.8, 4) is 5.88 Å². The van der Waals surface area contributed by atoms with Crippen molar-refractivity contribution in [2.75, 3.05) is 13.1 Å². The molecule has 2 rings (SSSR count). The number of nitrogens with one attached hydrogen (secondary N) is 1. The topological polar surface area (TPSA) is 34.1 Å². The molecular formula is C11H14BrClN2O. The van der Waals surface area contributed by atoms with E-state index in [0.717, 1.165) is 36.8 Å². The average Bonchev–Trinajstić information content (AvgIpc) is 2.51. The van der Waals surface area contributed by atoms with Gasteiger partial charge in [0.25, 0.3) is 0 Å². The summed E-state index contributed by atoms with van der Waals surface area (Å²) in [5.41, 5.74) is 0. The van der Waals surface area contributed by atoms with Gasteiger partial charge in [-0.15, -0.1) is 0 Å². The first-order chi connectivity index (χ1) is 7.75. The summed E-state index contributed by atoms with van der Waals surface area (Å²) in [4.78, 5) is 4.18. The number of hydrogen-bond donors (Lipinski definition) is 1. The predicted octanol–water partition coefficient (Wildman–Crippen LogP) is 3.02. The van der Waals surface area contributed by atoms with Crippen LogP contribution in [0.1, 0.15) is 19.3 Å². The second kappa shape index (κ2) is 5.84. The molecule has 0 spiro atoms. The Bertz CT molecular complexity index is 354. The van der Waals surface area contributed by atoms with Crippen LogP contribution in [0.4, 0.5) is 0 Å². The number of aromatic nitrogens is 1. The summed E-state index contributed by atoms with van der Waals surface area (Å²) in [6.45, 7) is 2.09. The standard InChI is InChI=1S/C11H14BrClN2O/c12-10-6-8(13)7-15-11(10)16-9-2-1-4-14-5-3-9/h6-7,9,14H,1-5H2. The van der Waals surface area contributed by atoms with Gasteiger partial charge < -0.3 is 10.1 Å². The Hall–Kier alpha value is -0.320. The molecule has 16 heavy (non-hydrogen) atoms. The van der Waals surface area contributed by atoms with Gasteiger partial charge in [-0.25, -0.2) is 4.98 Å². The molecular weight excluding hydrogens is 291 g/mol. The number of nitrogens with zero attached hydrogens (tertiary/aromatic N) is 1. The predicted molar refractivity (Wildman–Crippen MR) is 68.1 cm³/mol. The Morgan fingerprint density at radius 1 is 1.44 bits per heavy atom. The van der Waals surface area contributed by atoms with Gasteiger partial charge in [-0.2, -0.15) is 0 Å². The fraction of sp³-hybridized carbons (Fsp3) is 0.545. The van der Waals surface area contributed by atoms with Gasteiger partial charge in [-0.05, 0) is 54.3 Å². The highest BCUT2D eigenvalue weighted by atomic mass is 79.9. The minimum absolute atomic E-state index is 0.250. The van der Waals surface area contributed by atoms with Gasteiger partial charge in [0.15, 0.2) is 0 Å². The first kappa shape index (κ1) is 12.1. The molecule has 3 nitrogen and oxygen atoms in total. The van der Waals surface area contributed by atoms with Gasteiger partial charge in [0.05, 0.1) is 9.50 Å². The molecule has 1 N–H and O–H groups in total. The van der Waals surface area contributed by atoms with E-state index in [4.69, 9.17) is 16.3 Å². The van der Waals surface area contributed by atoms with E-state index in [1.807, 2.05) is 0 Å². The Kier molecular flexibility index (Phi) is 4.44. The summed E-state index contributed by atoms with van der Waals surface area (Å²) < 4.78 is 6.68. The molecule has 1 aliphatic heterocycles. The lowest BCUT2D eigenvalue weighted by atomic mass is 10.2. The van der Waals surface area contributed by atoms with Crippen LogP contribution < -0.4 is 10.1 Å². The van der Waals surface area contributed by atoms with Crippen LogP contribution in [-0.2, 0) is 0 Å². The van der Waals surface area contributed by atoms with Gasteiger partial charge in [-0.3, -0.25) is 0 Å². The second-order valence-corrected chi connectivity index (χ2v) is 5.15. The number of hydrogen-bond acceptors (Lipinski definition) is 3. The lowest BCUT2D eigenvalue weighted by molar-refractivity contribution is 0.178. The Morgan fingerprint density at radius 3 is 3.12 bits per heavy atom. The minimum Gasteiger partial charge on any atom is -0.474 e. The highest BCUT2D eigenvalue weighted by Crippen LogP contribution is 2.27. The smallest absolute Gasteiger partial charge is 0.228 e. The van der Waals surface area contributed by atoms with Crippen LogP contribution in [0.3, 0.4) is 0 Å². The third-order valence-electron chi connectivity index (χ3n) is 2.58. The maximum atomic E-state index is 5.86. The number of ether oxygens (including phenoxy) is 1. The van der Waals surface area contributed by atoms with Crippen LogP contribution in [0.2, 0.25) is 5.02 Å². The monoisotopic (exact) mass is 304 g/mol. The Morgan fingerprint density at radius 2 is 2.31 bits per heavy atom. The SMILES string of the molecule is Clc1cnc(OC2CCCNCC2)c(Br)c1. The average molecular weight is 306 g/mol. The van der Waals surface area contributed by atoms with Crippen LogP contribution in [0.15, 0.2) is 16.7 Å². The number of rotatable bonds is 2. The van der Waals surface area contributed by atoms with E-state index in [-0.39, 0.29) is 6.10 Å². The number of halogens is 2. The molecule has 0 amide bonds. The first-order valence-electron chi connectivity index (χ1n) is 5.44. The van der Waals surface area contributed by atoms with Crippen molar-refractivity contribution in [2.45, 2.75) is 25.4 Å². The van der Waals surface area contributed by atoms with E-state index in [1.54, 1.807) is 12.3 Å². The molecule has 2 heterocycles. The van der Waals surface area contributed by atoms with Crippen molar-refractivity contribution < 1.29 is 4.74 Å². The van der Waals surface area contributed by atoms with Crippen LogP contribution in [0.5, 0.6) is 5.88 Å². The van der Waals surface area contributed by atoms with Crippen molar-refractivity contribution >= 4 is 27.5 Å². The molecule has 1 saturated heterocycles. The van der Waals surface area contributed by atoms with E-state index in [1.165, 1.54) is 0 Å². The van der Waals surface area contributed by atoms with E-state index in [2.05, 4.69) is 26.2 Å². The maximum absolute atomic E-state index is 5.86. The molecule has 1 aromatic heterocycles. The summed E-state index contributed by atoms with van der Waals surface area (Å²) in [5.74, 6) is 0.635. The van der Waals surface area contributed by atoms with Crippen LogP contribution >= 0.6 is 27.5 Å². The Balaban J connectivity index is 2.01. The molecule has 0 aromatic carbocycles. The molecule has 0 radical (unpaired) electrons. The van der Waals surface area contributed by atoms with Crippen LogP contribution in [0.25, 0.3) is 0 Å². The van der Waals surface area contributed by atoms with Crippen molar-refractivity contribution in [1.29, 1.82) is 0 Å². The van der Waals surface area contributed by atoms with Gasteiger partial charge in [0, 0.05) is 6.20 Å². The third-order valence-corrected chi connectivity index (χ3v) is 3.35. The fourth-order valence-corrected chi connectivity index (χ4v) is 2.48. The summed E-state index contributed by atoms with van der Waals surface area (Å²) in [6.07, 6.45) is 5.10. The van der Waals surface area contributed by atoms with Crippen molar-refractivity contribution in [3.05, 3.63) is 21.8 Å². The van der Waals surface area contributed by atoms with Crippen molar-refractivity contribution in [3.63, 3.8) is 0 Å². The summed E-state index contributed by atoms with van der Waals surface area (Å²) >= 11 is 9.23. The molecule has 1 aliphatic rings. The molecule has 88 valence electrons.